The molecule has 164 valence electrons. The SMILES string of the molecule is Cc1ccc(-c2ccc(Br)cc2)nc1.Cc1ccc(Br)nc1.OB(O)c1ccc(Br)cc1. The van der Waals surface area contributed by atoms with Gasteiger partial charge in [0.15, 0.2) is 0 Å². The second kappa shape index (κ2) is 13.7. The molecule has 0 bridgehead atoms. The van der Waals surface area contributed by atoms with E-state index in [1.807, 2.05) is 56.6 Å². The van der Waals surface area contributed by atoms with Crippen LogP contribution in [0.5, 0.6) is 0 Å². The zero-order valence-corrected chi connectivity index (χ0v) is 22.3. The van der Waals surface area contributed by atoms with Gasteiger partial charge in [0.1, 0.15) is 4.60 Å². The van der Waals surface area contributed by atoms with E-state index < -0.39 is 7.12 Å². The average molecular weight is 621 g/mol. The van der Waals surface area contributed by atoms with E-state index in [0.29, 0.717) is 5.46 Å². The molecular weight excluding hydrogens is 599 g/mol. The molecule has 4 rings (SSSR count). The topological polar surface area (TPSA) is 66.2 Å². The standard InChI is InChI=1S/C12H10BrN.C6H6BBrO2.C6H6BrN/c1-9-2-7-12(14-8-9)10-3-5-11(13)6-4-10;8-6-3-1-5(2-4-6)7(9)10;1-5-2-3-6(7)8-4-5/h2-8H,1H3;1-4,9-10H;2-4H,1H3. The minimum absolute atomic E-state index is 0.503. The van der Waals surface area contributed by atoms with Gasteiger partial charge in [-0.25, -0.2) is 4.98 Å². The van der Waals surface area contributed by atoms with E-state index in [2.05, 4.69) is 76.0 Å². The molecule has 2 heterocycles. The molecule has 0 saturated carbocycles. The Morgan fingerprint density at radius 3 is 1.53 bits per heavy atom. The summed E-state index contributed by atoms with van der Waals surface area (Å²) in [7, 11) is -1.37. The van der Waals surface area contributed by atoms with Gasteiger partial charge in [-0.05, 0) is 82.8 Å². The number of pyridine rings is 2. The molecule has 0 fully saturated rings. The molecule has 2 aromatic heterocycles. The quantitative estimate of drug-likeness (QED) is 0.210. The molecule has 0 aliphatic heterocycles. The van der Waals surface area contributed by atoms with Crippen molar-refractivity contribution in [1.29, 1.82) is 0 Å². The van der Waals surface area contributed by atoms with Crippen molar-refractivity contribution in [1.82, 2.24) is 9.97 Å². The van der Waals surface area contributed by atoms with Crippen molar-refractivity contribution in [2.24, 2.45) is 0 Å². The Morgan fingerprint density at radius 1 is 0.625 bits per heavy atom. The highest BCUT2D eigenvalue weighted by molar-refractivity contribution is 9.11. The van der Waals surface area contributed by atoms with Crippen molar-refractivity contribution in [2.45, 2.75) is 13.8 Å². The molecule has 0 radical (unpaired) electrons. The van der Waals surface area contributed by atoms with E-state index in [4.69, 9.17) is 10.0 Å². The molecule has 2 aromatic carbocycles. The Labute approximate surface area is 214 Å². The van der Waals surface area contributed by atoms with Gasteiger partial charge >= 0.3 is 7.12 Å². The Balaban J connectivity index is 0.000000178. The number of aryl methyl sites for hydroxylation is 2. The van der Waals surface area contributed by atoms with Crippen molar-refractivity contribution in [2.75, 3.05) is 0 Å². The van der Waals surface area contributed by atoms with Crippen LogP contribution in [-0.2, 0) is 0 Å². The molecular formula is C24H22BBr3N2O2. The number of halogens is 3. The van der Waals surface area contributed by atoms with Crippen molar-refractivity contribution < 1.29 is 10.0 Å². The summed E-state index contributed by atoms with van der Waals surface area (Å²) in [6, 6.07) is 23.0. The highest BCUT2D eigenvalue weighted by Crippen LogP contribution is 2.19. The van der Waals surface area contributed by atoms with Crippen molar-refractivity contribution in [3.8, 4) is 11.3 Å². The minimum atomic E-state index is -1.37. The number of rotatable bonds is 2. The summed E-state index contributed by atoms with van der Waals surface area (Å²) in [5.41, 5.74) is 5.04. The van der Waals surface area contributed by atoms with Gasteiger partial charge in [0.05, 0.1) is 5.69 Å². The Bertz CT molecular complexity index is 1010. The molecule has 0 saturated heterocycles. The highest BCUT2D eigenvalue weighted by atomic mass is 79.9. The number of benzene rings is 2. The number of aromatic nitrogens is 2. The van der Waals surface area contributed by atoms with Gasteiger partial charge in [-0.3, -0.25) is 4.98 Å². The van der Waals surface area contributed by atoms with Crippen LogP contribution in [0.1, 0.15) is 11.1 Å². The largest absolute Gasteiger partial charge is 0.488 e. The summed E-state index contributed by atoms with van der Waals surface area (Å²) >= 11 is 9.87. The lowest BCUT2D eigenvalue weighted by Gasteiger charge is -2.00. The third kappa shape index (κ3) is 9.75. The summed E-state index contributed by atoms with van der Waals surface area (Å²) in [5.74, 6) is 0. The van der Waals surface area contributed by atoms with Gasteiger partial charge in [-0.15, -0.1) is 0 Å². The summed E-state index contributed by atoms with van der Waals surface area (Å²) in [6.45, 7) is 4.05. The number of nitrogens with zero attached hydrogens (tertiary/aromatic N) is 2. The van der Waals surface area contributed by atoms with Crippen LogP contribution in [0.15, 0.2) is 98.7 Å². The van der Waals surface area contributed by atoms with Crippen molar-refractivity contribution in [3.05, 3.63) is 110 Å². The first-order chi connectivity index (χ1) is 15.2. The van der Waals surface area contributed by atoms with Crippen LogP contribution < -0.4 is 5.46 Å². The third-order valence-electron chi connectivity index (χ3n) is 4.09. The maximum Gasteiger partial charge on any atom is 0.488 e. The highest BCUT2D eigenvalue weighted by Gasteiger charge is 2.08. The Morgan fingerprint density at radius 2 is 1.12 bits per heavy atom. The number of hydrogen-bond acceptors (Lipinski definition) is 4. The van der Waals surface area contributed by atoms with Crippen LogP contribution in [0.3, 0.4) is 0 Å². The van der Waals surface area contributed by atoms with E-state index in [1.54, 1.807) is 24.3 Å². The first kappa shape index (κ1) is 26.4. The van der Waals surface area contributed by atoms with Crippen LogP contribution in [-0.4, -0.2) is 27.1 Å². The zero-order valence-electron chi connectivity index (χ0n) is 17.6. The summed E-state index contributed by atoms with van der Waals surface area (Å²) in [4.78, 5) is 8.36. The maximum atomic E-state index is 8.65. The molecule has 0 spiro atoms. The Hall–Kier alpha value is -1.84. The fourth-order valence-corrected chi connectivity index (χ4v) is 3.11. The van der Waals surface area contributed by atoms with Crippen molar-refractivity contribution >= 4 is 60.4 Å². The monoisotopic (exact) mass is 618 g/mol. The second-order valence-electron chi connectivity index (χ2n) is 6.81. The summed E-state index contributed by atoms with van der Waals surface area (Å²) in [6.07, 6.45) is 3.71. The van der Waals surface area contributed by atoms with Gasteiger partial charge in [0.25, 0.3) is 0 Å². The lowest BCUT2D eigenvalue weighted by molar-refractivity contribution is 0.426. The molecule has 0 atom stereocenters. The molecule has 32 heavy (non-hydrogen) atoms. The second-order valence-corrected chi connectivity index (χ2v) is 9.46. The smallest absolute Gasteiger partial charge is 0.423 e. The molecule has 2 N–H and O–H groups in total. The number of hydrogen-bond donors (Lipinski definition) is 2. The molecule has 8 heteroatoms. The lowest BCUT2D eigenvalue weighted by atomic mass is 9.81. The average Bonchev–Trinajstić information content (AvgIpc) is 2.78. The fourth-order valence-electron chi connectivity index (χ4n) is 2.34. The first-order valence-electron chi connectivity index (χ1n) is 9.63. The van der Waals surface area contributed by atoms with Crippen LogP contribution in [0, 0.1) is 13.8 Å². The Kier molecular flexibility index (Phi) is 11.3. The normalized spacial score (nSPS) is 9.72. The van der Waals surface area contributed by atoms with E-state index >= 15 is 0 Å². The molecule has 0 aliphatic carbocycles. The molecule has 0 amide bonds. The van der Waals surface area contributed by atoms with E-state index in [-0.39, 0.29) is 0 Å². The van der Waals surface area contributed by atoms with Crippen LogP contribution in [0.25, 0.3) is 11.3 Å². The molecule has 4 nitrogen and oxygen atoms in total. The maximum absolute atomic E-state index is 8.65. The van der Waals surface area contributed by atoms with E-state index in [1.165, 1.54) is 11.1 Å². The predicted octanol–water partition coefficient (Wildman–Crippen LogP) is 6.10. The van der Waals surface area contributed by atoms with Gasteiger partial charge in [-0.1, -0.05) is 68.3 Å². The first-order valence-corrected chi connectivity index (χ1v) is 12.0. The van der Waals surface area contributed by atoms with Crippen LogP contribution in [0.2, 0.25) is 0 Å². The molecule has 4 aromatic rings. The fraction of sp³-hybridized carbons (Fsp3) is 0.0833. The summed E-state index contributed by atoms with van der Waals surface area (Å²) in [5, 5.41) is 17.3. The van der Waals surface area contributed by atoms with Crippen LogP contribution in [0.4, 0.5) is 0 Å². The third-order valence-corrected chi connectivity index (χ3v) is 5.62. The van der Waals surface area contributed by atoms with Gasteiger partial charge in [0, 0.05) is 26.9 Å². The lowest BCUT2D eigenvalue weighted by Crippen LogP contribution is -2.29. The van der Waals surface area contributed by atoms with Gasteiger partial charge in [-0.2, -0.15) is 0 Å². The van der Waals surface area contributed by atoms with Crippen LogP contribution >= 0.6 is 47.8 Å². The predicted molar refractivity (Wildman–Crippen MR) is 143 cm³/mol. The molecule has 0 aliphatic rings. The van der Waals surface area contributed by atoms with E-state index in [9.17, 15) is 0 Å². The zero-order chi connectivity index (χ0) is 23.5. The van der Waals surface area contributed by atoms with Gasteiger partial charge in [0.2, 0.25) is 0 Å². The minimum Gasteiger partial charge on any atom is -0.423 e. The van der Waals surface area contributed by atoms with Gasteiger partial charge < -0.3 is 10.0 Å². The molecule has 0 unspecified atom stereocenters. The van der Waals surface area contributed by atoms with E-state index in [0.717, 1.165) is 24.8 Å². The summed E-state index contributed by atoms with van der Waals surface area (Å²) < 4.78 is 2.91. The van der Waals surface area contributed by atoms with Crippen molar-refractivity contribution in [3.63, 3.8) is 0 Å².